The van der Waals surface area contributed by atoms with E-state index in [1.807, 2.05) is 0 Å². The Morgan fingerprint density at radius 2 is 1.93 bits per heavy atom. The van der Waals surface area contributed by atoms with Crippen molar-refractivity contribution < 1.29 is 0 Å². The van der Waals surface area contributed by atoms with E-state index >= 15 is 0 Å². The number of rotatable bonds is 2. The lowest BCUT2D eigenvalue weighted by Gasteiger charge is -2.38. The van der Waals surface area contributed by atoms with E-state index in [0.29, 0.717) is 0 Å². The highest BCUT2D eigenvalue weighted by Crippen LogP contribution is 2.30. The van der Waals surface area contributed by atoms with Crippen molar-refractivity contribution in [3.8, 4) is 0 Å². The molecule has 2 heteroatoms. The van der Waals surface area contributed by atoms with Gasteiger partial charge in [-0.25, -0.2) is 0 Å². The SMILES string of the molecule is C[C@@H]1[C@H](C)CCC[C@@H]1N[C@H]1CCCSC1. The molecule has 0 spiro atoms. The van der Waals surface area contributed by atoms with Crippen molar-refractivity contribution in [2.45, 2.75) is 58.0 Å². The first-order valence-electron chi connectivity index (χ1n) is 6.61. The van der Waals surface area contributed by atoms with E-state index < -0.39 is 0 Å². The van der Waals surface area contributed by atoms with Crippen LogP contribution < -0.4 is 5.32 Å². The second kappa shape index (κ2) is 5.58. The molecular formula is C13H25NS. The van der Waals surface area contributed by atoms with Crippen LogP contribution in [0.3, 0.4) is 0 Å². The third-order valence-electron chi connectivity index (χ3n) is 4.32. The van der Waals surface area contributed by atoms with Crippen molar-refractivity contribution in [2.24, 2.45) is 11.8 Å². The molecule has 1 nitrogen and oxygen atoms in total. The molecule has 1 aliphatic carbocycles. The predicted molar refractivity (Wildman–Crippen MR) is 69.4 cm³/mol. The summed E-state index contributed by atoms with van der Waals surface area (Å²) in [5.74, 6) is 4.53. The Hall–Kier alpha value is 0.310. The molecule has 1 heterocycles. The Balaban J connectivity index is 1.81. The molecule has 1 N–H and O–H groups in total. The van der Waals surface area contributed by atoms with E-state index in [1.54, 1.807) is 0 Å². The summed E-state index contributed by atoms with van der Waals surface area (Å²) in [6.07, 6.45) is 7.11. The van der Waals surface area contributed by atoms with Crippen molar-refractivity contribution in [3.05, 3.63) is 0 Å². The van der Waals surface area contributed by atoms with Gasteiger partial charge >= 0.3 is 0 Å². The zero-order valence-corrected chi connectivity index (χ0v) is 11.0. The molecule has 1 saturated carbocycles. The van der Waals surface area contributed by atoms with Crippen molar-refractivity contribution in [1.29, 1.82) is 0 Å². The lowest BCUT2D eigenvalue weighted by molar-refractivity contribution is 0.194. The van der Waals surface area contributed by atoms with Crippen LogP contribution in [-0.2, 0) is 0 Å². The summed E-state index contributed by atoms with van der Waals surface area (Å²) >= 11 is 2.13. The molecule has 2 rings (SSSR count). The Morgan fingerprint density at radius 1 is 1.07 bits per heavy atom. The topological polar surface area (TPSA) is 12.0 Å². The minimum Gasteiger partial charge on any atom is -0.310 e. The van der Waals surface area contributed by atoms with Gasteiger partial charge in [0.1, 0.15) is 0 Å². The van der Waals surface area contributed by atoms with E-state index in [4.69, 9.17) is 0 Å². The Morgan fingerprint density at radius 3 is 2.67 bits per heavy atom. The van der Waals surface area contributed by atoms with E-state index in [0.717, 1.165) is 23.9 Å². The predicted octanol–water partition coefficient (Wildman–Crippen LogP) is 3.30. The summed E-state index contributed by atoms with van der Waals surface area (Å²) in [6, 6.07) is 1.61. The van der Waals surface area contributed by atoms with Gasteiger partial charge in [-0.1, -0.05) is 26.7 Å². The van der Waals surface area contributed by atoms with Crippen LogP contribution in [0.25, 0.3) is 0 Å². The average molecular weight is 227 g/mol. The molecule has 0 aromatic rings. The molecule has 0 radical (unpaired) electrons. The molecule has 0 aromatic heterocycles. The van der Waals surface area contributed by atoms with Gasteiger partial charge in [0.15, 0.2) is 0 Å². The van der Waals surface area contributed by atoms with Gasteiger partial charge in [0.25, 0.3) is 0 Å². The summed E-state index contributed by atoms with van der Waals surface area (Å²) in [7, 11) is 0. The van der Waals surface area contributed by atoms with Crippen LogP contribution in [0.2, 0.25) is 0 Å². The summed E-state index contributed by atoms with van der Waals surface area (Å²) in [5.41, 5.74) is 0. The highest BCUT2D eigenvalue weighted by molar-refractivity contribution is 7.99. The molecule has 15 heavy (non-hydrogen) atoms. The van der Waals surface area contributed by atoms with Gasteiger partial charge in [-0.2, -0.15) is 11.8 Å². The van der Waals surface area contributed by atoms with Crippen LogP contribution >= 0.6 is 11.8 Å². The van der Waals surface area contributed by atoms with Crippen LogP contribution in [0, 0.1) is 11.8 Å². The van der Waals surface area contributed by atoms with E-state index in [-0.39, 0.29) is 0 Å². The fourth-order valence-electron chi connectivity index (χ4n) is 2.99. The number of thioether (sulfide) groups is 1. The lowest BCUT2D eigenvalue weighted by Crippen LogP contribution is -2.47. The van der Waals surface area contributed by atoms with Crippen LogP contribution in [0.15, 0.2) is 0 Å². The molecule has 4 atom stereocenters. The highest BCUT2D eigenvalue weighted by Gasteiger charge is 2.28. The third kappa shape index (κ3) is 3.13. The van der Waals surface area contributed by atoms with Crippen LogP contribution in [0.5, 0.6) is 0 Å². The standard InChI is InChI=1S/C13H25NS/c1-10-5-3-7-13(11(10)2)14-12-6-4-8-15-9-12/h10-14H,3-9H2,1-2H3/t10-,11-,12+,13+/m1/s1. The van der Waals surface area contributed by atoms with Crippen LogP contribution in [0.4, 0.5) is 0 Å². The number of hydrogen-bond acceptors (Lipinski definition) is 2. The van der Waals surface area contributed by atoms with Gasteiger partial charge in [-0.15, -0.1) is 0 Å². The molecule has 2 fully saturated rings. The van der Waals surface area contributed by atoms with Crippen LogP contribution in [-0.4, -0.2) is 23.6 Å². The van der Waals surface area contributed by atoms with E-state index in [1.165, 1.54) is 43.6 Å². The Bertz CT molecular complexity index is 189. The Labute approximate surface area is 98.8 Å². The second-order valence-electron chi connectivity index (χ2n) is 5.45. The Kier molecular flexibility index (Phi) is 4.39. The fourth-order valence-corrected chi connectivity index (χ4v) is 4.08. The van der Waals surface area contributed by atoms with Crippen molar-refractivity contribution in [2.75, 3.05) is 11.5 Å². The van der Waals surface area contributed by atoms with Gasteiger partial charge in [-0.05, 0) is 36.9 Å². The van der Waals surface area contributed by atoms with Gasteiger partial charge in [0, 0.05) is 17.8 Å². The zero-order valence-electron chi connectivity index (χ0n) is 10.2. The highest BCUT2D eigenvalue weighted by atomic mass is 32.2. The van der Waals surface area contributed by atoms with Crippen molar-refractivity contribution in [3.63, 3.8) is 0 Å². The maximum Gasteiger partial charge on any atom is 0.0161 e. The van der Waals surface area contributed by atoms with Crippen LogP contribution in [0.1, 0.15) is 46.0 Å². The summed E-state index contributed by atoms with van der Waals surface area (Å²) < 4.78 is 0. The fraction of sp³-hybridized carbons (Fsp3) is 1.00. The van der Waals surface area contributed by atoms with Crippen molar-refractivity contribution >= 4 is 11.8 Å². The summed E-state index contributed by atoms with van der Waals surface area (Å²) in [4.78, 5) is 0. The molecule has 88 valence electrons. The monoisotopic (exact) mass is 227 g/mol. The lowest BCUT2D eigenvalue weighted by atomic mass is 9.78. The normalized spacial score (nSPS) is 42.8. The van der Waals surface area contributed by atoms with Gasteiger partial charge < -0.3 is 5.32 Å². The smallest absolute Gasteiger partial charge is 0.0161 e. The van der Waals surface area contributed by atoms with Gasteiger partial charge in [0.2, 0.25) is 0 Å². The number of nitrogens with one attached hydrogen (secondary N) is 1. The summed E-state index contributed by atoms with van der Waals surface area (Å²) in [6.45, 7) is 4.87. The molecule has 2 aliphatic rings. The third-order valence-corrected chi connectivity index (χ3v) is 5.53. The van der Waals surface area contributed by atoms with E-state index in [2.05, 4.69) is 30.9 Å². The molecule has 0 amide bonds. The molecule has 1 saturated heterocycles. The largest absolute Gasteiger partial charge is 0.310 e. The first-order chi connectivity index (χ1) is 7.27. The molecule has 0 bridgehead atoms. The maximum atomic E-state index is 3.92. The number of hydrogen-bond donors (Lipinski definition) is 1. The minimum atomic E-state index is 0.803. The molecule has 0 aromatic carbocycles. The average Bonchev–Trinajstić information content (AvgIpc) is 2.26. The first kappa shape index (κ1) is 11.8. The maximum absolute atomic E-state index is 3.92. The van der Waals surface area contributed by atoms with Gasteiger partial charge in [-0.3, -0.25) is 0 Å². The van der Waals surface area contributed by atoms with Gasteiger partial charge in [0.05, 0.1) is 0 Å². The molecular weight excluding hydrogens is 202 g/mol. The van der Waals surface area contributed by atoms with Crippen molar-refractivity contribution in [1.82, 2.24) is 5.32 Å². The molecule has 0 unspecified atom stereocenters. The quantitative estimate of drug-likeness (QED) is 0.777. The first-order valence-corrected chi connectivity index (χ1v) is 7.76. The zero-order chi connectivity index (χ0) is 10.7. The van der Waals surface area contributed by atoms with E-state index in [9.17, 15) is 0 Å². The summed E-state index contributed by atoms with van der Waals surface area (Å²) in [5, 5.41) is 3.92. The molecule has 1 aliphatic heterocycles. The second-order valence-corrected chi connectivity index (χ2v) is 6.60. The minimum absolute atomic E-state index is 0.803.